The number of benzene rings is 1. The minimum Gasteiger partial charge on any atom is -0.456 e. The molecule has 4 aromatic rings. The summed E-state index contributed by atoms with van der Waals surface area (Å²) in [6.07, 6.45) is 0.502. The molecule has 8 heteroatoms. The van der Waals surface area contributed by atoms with E-state index in [2.05, 4.69) is 15.6 Å². The van der Waals surface area contributed by atoms with E-state index in [4.69, 9.17) is 8.94 Å². The highest BCUT2D eigenvalue weighted by Crippen LogP contribution is 2.23. The lowest BCUT2D eigenvalue weighted by Gasteiger charge is -2.07. The molecule has 0 aliphatic rings. The normalized spacial score (nSPS) is 11.1. The van der Waals surface area contributed by atoms with Crippen LogP contribution >= 0.6 is 0 Å². The number of hydrogen-bond donors (Lipinski definition) is 1. The molecule has 7 nitrogen and oxygen atoms in total. The second-order valence-corrected chi connectivity index (χ2v) is 7.53. The highest BCUT2D eigenvalue weighted by molar-refractivity contribution is 6.02. The molecule has 0 saturated carbocycles. The van der Waals surface area contributed by atoms with Crippen molar-refractivity contribution < 1.29 is 18.1 Å². The molecule has 0 atom stereocenters. The molecule has 0 saturated heterocycles. The van der Waals surface area contributed by atoms with Gasteiger partial charge in [-0.15, -0.1) is 0 Å². The van der Waals surface area contributed by atoms with Gasteiger partial charge in [0.1, 0.15) is 17.3 Å². The molecule has 1 aromatic carbocycles. The van der Waals surface area contributed by atoms with Crippen LogP contribution in [0.2, 0.25) is 0 Å². The molecule has 0 unspecified atom stereocenters. The lowest BCUT2D eigenvalue weighted by atomic mass is 10.1. The molecule has 0 fully saturated rings. The first-order valence-electron chi connectivity index (χ1n) is 9.92. The quantitative estimate of drug-likeness (QED) is 0.486. The van der Waals surface area contributed by atoms with Gasteiger partial charge in [-0.3, -0.25) is 9.48 Å². The van der Waals surface area contributed by atoms with Gasteiger partial charge in [-0.1, -0.05) is 17.3 Å². The fourth-order valence-electron chi connectivity index (χ4n) is 3.49. The average molecular weight is 422 g/mol. The van der Waals surface area contributed by atoms with Crippen LogP contribution < -0.4 is 5.32 Å². The largest absolute Gasteiger partial charge is 0.456 e. The zero-order valence-electron chi connectivity index (χ0n) is 17.8. The predicted octanol–water partition coefficient (Wildman–Crippen LogP) is 4.73. The van der Waals surface area contributed by atoms with Gasteiger partial charge in [-0.25, -0.2) is 4.39 Å². The van der Waals surface area contributed by atoms with Crippen molar-refractivity contribution in [2.75, 3.05) is 5.32 Å². The van der Waals surface area contributed by atoms with Gasteiger partial charge in [-0.05, 0) is 57.5 Å². The van der Waals surface area contributed by atoms with E-state index in [1.807, 2.05) is 27.7 Å². The predicted molar refractivity (Wildman–Crippen MR) is 113 cm³/mol. The van der Waals surface area contributed by atoms with E-state index in [-0.39, 0.29) is 17.5 Å². The molecule has 1 N–H and O–H groups in total. The van der Waals surface area contributed by atoms with Crippen molar-refractivity contribution in [1.29, 1.82) is 0 Å². The smallest absolute Gasteiger partial charge is 0.291 e. The minimum atomic E-state index is -0.349. The lowest BCUT2D eigenvalue weighted by Crippen LogP contribution is -2.12. The number of anilines is 1. The highest BCUT2D eigenvalue weighted by Gasteiger charge is 2.19. The molecule has 0 aliphatic heterocycles. The first kappa shape index (κ1) is 20.6. The topological polar surface area (TPSA) is 86.1 Å². The molecule has 4 rings (SSSR count). The van der Waals surface area contributed by atoms with E-state index in [0.29, 0.717) is 30.1 Å². The van der Waals surface area contributed by atoms with Crippen LogP contribution in [0.25, 0.3) is 0 Å². The monoisotopic (exact) mass is 422 g/mol. The van der Waals surface area contributed by atoms with Crippen LogP contribution in [0.3, 0.4) is 0 Å². The summed E-state index contributed by atoms with van der Waals surface area (Å²) in [6.45, 7) is 7.91. The van der Waals surface area contributed by atoms with E-state index in [9.17, 15) is 9.18 Å². The van der Waals surface area contributed by atoms with E-state index in [1.54, 1.807) is 28.9 Å². The Morgan fingerprint density at radius 3 is 2.48 bits per heavy atom. The Balaban J connectivity index is 1.48. The molecule has 160 valence electrons. The molecule has 3 heterocycles. The summed E-state index contributed by atoms with van der Waals surface area (Å²) in [4.78, 5) is 12.8. The maximum absolute atomic E-state index is 13.1. The van der Waals surface area contributed by atoms with Gasteiger partial charge in [-0.2, -0.15) is 5.10 Å². The van der Waals surface area contributed by atoms with Crippen molar-refractivity contribution in [1.82, 2.24) is 14.9 Å². The van der Waals surface area contributed by atoms with E-state index in [1.165, 1.54) is 12.1 Å². The number of nitrogens with one attached hydrogen (secondary N) is 1. The molecule has 0 bridgehead atoms. The third-order valence-electron chi connectivity index (χ3n) is 5.28. The first-order chi connectivity index (χ1) is 14.8. The Bertz CT molecular complexity index is 1210. The Hall–Kier alpha value is -3.68. The SMILES string of the molecule is Cc1noc(C)c1Cc1ccc(C(=O)Nc2c(C)nn(Cc3ccc(F)cc3)c2C)o1. The van der Waals surface area contributed by atoms with Crippen molar-refractivity contribution in [3.8, 4) is 0 Å². The second-order valence-electron chi connectivity index (χ2n) is 7.53. The number of carbonyl (C=O) groups is 1. The fraction of sp³-hybridized carbons (Fsp3) is 0.261. The molecule has 3 aromatic heterocycles. The van der Waals surface area contributed by atoms with Crippen LogP contribution in [0.5, 0.6) is 0 Å². The van der Waals surface area contributed by atoms with Gasteiger partial charge in [0, 0.05) is 12.0 Å². The van der Waals surface area contributed by atoms with Crippen molar-refractivity contribution >= 4 is 11.6 Å². The highest BCUT2D eigenvalue weighted by atomic mass is 19.1. The van der Waals surface area contributed by atoms with Crippen molar-refractivity contribution in [2.24, 2.45) is 0 Å². The zero-order valence-corrected chi connectivity index (χ0v) is 17.8. The summed E-state index contributed by atoms with van der Waals surface area (Å²) in [7, 11) is 0. The Kier molecular flexibility index (Phi) is 5.46. The summed E-state index contributed by atoms with van der Waals surface area (Å²) in [5.74, 6) is 0.973. The summed E-state index contributed by atoms with van der Waals surface area (Å²) in [6, 6.07) is 9.69. The van der Waals surface area contributed by atoms with Crippen molar-refractivity contribution in [3.05, 3.63) is 87.7 Å². The van der Waals surface area contributed by atoms with Gasteiger partial charge in [0.2, 0.25) is 0 Å². The van der Waals surface area contributed by atoms with Crippen LogP contribution in [-0.4, -0.2) is 20.8 Å². The van der Waals surface area contributed by atoms with Gasteiger partial charge in [0.25, 0.3) is 5.91 Å². The molecule has 0 radical (unpaired) electrons. The molecule has 1 amide bonds. The Morgan fingerprint density at radius 2 is 1.81 bits per heavy atom. The second kappa shape index (κ2) is 8.22. The van der Waals surface area contributed by atoms with E-state index < -0.39 is 0 Å². The molecular weight excluding hydrogens is 399 g/mol. The number of nitrogens with zero attached hydrogens (tertiary/aromatic N) is 3. The maximum atomic E-state index is 13.1. The van der Waals surface area contributed by atoms with Crippen LogP contribution in [0.4, 0.5) is 10.1 Å². The lowest BCUT2D eigenvalue weighted by molar-refractivity contribution is 0.0995. The number of halogens is 1. The molecular formula is C23H23FN4O3. The van der Waals surface area contributed by atoms with Gasteiger partial charge in [0.05, 0.1) is 29.3 Å². The van der Waals surface area contributed by atoms with Crippen LogP contribution in [0.15, 0.2) is 45.3 Å². The average Bonchev–Trinajstić information content (AvgIpc) is 3.41. The number of hydrogen-bond acceptors (Lipinski definition) is 5. The van der Waals surface area contributed by atoms with Crippen LogP contribution in [-0.2, 0) is 13.0 Å². The van der Waals surface area contributed by atoms with E-state index in [0.717, 1.165) is 28.3 Å². The summed E-state index contributed by atoms with van der Waals surface area (Å²) < 4.78 is 25.8. The van der Waals surface area contributed by atoms with E-state index >= 15 is 0 Å². The molecule has 31 heavy (non-hydrogen) atoms. The van der Waals surface area contributed by atoms with Gasteiger partial charge < -0.3 is 14.3 Å². The third-order valence-corrected chi connectivity index (χ3v) is 5.28. The maximum Gasteiger partial charge on any atom is 0.291 e. The number of aryl methyl sites for hydroxylation is 3. The first-order valence-corrected chi connectivity index (χ1v) is 9.92. The third kappa shape index (κ3) is 4.28. The summed E-state index contributed by atoms with van der Waals surface area (Å²) >= 11 is 0. The fourth-order valence-corrected chi connectivity index (χ4v) is 3.49. The number of rotatable bonds is 6. The van der Waals surface area contributed by atoms with Crippen LogP contribution in [0.1, 0.15) is 50.3 Å². The number of furan rings is 1. The Labute approximate surface area is 178 Å². The zero-order chi connectivity index (χ0) is 22.1. The summed E-state index contributed by atoms with van der Waals surface area (Å²) in [5.41, 5.74) is 4.80. The van der Waals surface area contributed by atoms with Crippen molar-refractivity contribution in [2.45, 2.75) is 40.7 Å². The molecule has 0 spiro atoms. The van der Waals surface area contributed by atoms with Crippen LogP contribution in [0, 0.1) is 33.5 Å². The standard InChI is InChI=1S/C23H23FN4O3/c1-13-20(16(4)31-27-13)11-19-9-10-21(30-19)23(29)25-22-14(2)26-28(15(22)3)12-17-5-7-18(24)8-6-17/h5-10H,11-12H2,1-4H3,(H,25,29). The van der Waals surface area contributed by atoms with Gasteiger partial charge in [0.15, 0.2) is 5.76 Å². The minimum absolute atomic E-state index is 0.215. The number of aromatic nitrogens is 3. The van der Waals surface area contributed by atoms with Gasteiger partial charge >= 0.3 is 0 Å². The summed E-state index contributed by atoms with van der Waals surface area (Å²) in [5, 5.41) is 11.3. The van der Waals surface area contributed by atoms with Crippen molar-refractivity contribution in [3.63, 3.8) is 0 Å². The molecule has 0 aliphatic carbocycles. The number of amides is 1. The number of carbonyl (C=O) groups excluding carboxylic acids is 1. The Morgan fingerprint density at radius 1 is 1.06 bits per heavy atom.